The standard InChI is InChI=1S/C25H31N3O5S/c1-33-22-7-4-8-23(17-22)34(31,32)27-21-11-9-19(10-12-21)25(30)28-15-13-18(14-16-28)24(29)26-20-5-2-3-6-20/h4,7-12,17-18,20,27H,2-3,5-6,13-16H2,1H3,(H,26,29). The monoisotopic (exact) mass is 485 g/mol. The number of hydrogen-bond acceptors (Lipinski definition) is 5. The summed E-state index contributed by atoms with van der Waals surface area (Å²) in [5.74, 6) is 0.408. The Hall–Kier alpha value is -3.07. The molecule has 34 heavy (non-hydrogen) atoms. The van der Waals surface area contributed by atoms with Gasteiger partial charge < -0.3 is 15.0 Å². The molecule has 2 aromatic carbocycles. The Kier molecular flexibility index (Phi) is 7.41. The lowest BCUT2D eigenvalue weighted by Gasteiger charge is -2.32. The van der Waals surface area contributed by atoms with E-state index in [1.54, 1.807) is 41.3 Å². The molecule has 0 radical (unpaired) electrons. The van der Waals surface area contributed by atoms with Crippen LogP contribution in [0.2, 0.25) is 0 Å². The van der Waals surface area contributed by atoms with Crippen LogP contribution in [0, 0.1) is 5.92 Å². The van der Waals surface area contributed by atoms with Crippen molar-refractivity contribution in [1.82, 2.24) is 10.2 Å². The summed E-state index contributed by atoms with van der Waals surface area (Å²) in [6.07, 6.45) is 5.80. The van der Waals surface area contributed by atoms with Gasteiger partial charge in [0.05, 0.1) is 12.0 Å². The van der Waals surface area contributed by atoms with Gasteiger partial charge >= 0.3 is 0 Å². The first-order valence-corrected chi connectivity index (χ1v) is 13.2. The SMILES string of the molecule is COc1cccc(S(=O)(=O)Nc2ccc(C(=O)N3CCC(C(=O)NC4CCCC4)CC3)cc2)c1. The lowest BCUT2D eigenvalue weighted by Crippen LogP contribution is -2.44. The number of hydrogen-bond donors (Lipinski definition) is 2. The van der Waals surface area contributed by atoms with Crippen LogP contribution < -0.4 is 14.8 Å². The Labute approximate surface area is 200 Å². The first-order valence-electron chi connectivity index (χ1n) is 11.7. The van der Waals surface area contributed by atoms with E-state index in [1.165, 1.54) is 32.1 Å². The Bertz CT molecular complexity index is 1120. The van der Waals surface area contributed by atoms with Crippen molar-refractivity contribution in [1.29, 1.82) is 0 Å². The van der Waals surface area contributed by atoms with Crippen LogP contribution in [0.3, 0.4) is 0 Å². The summed E-state index contributed by atoms with van der Waals surface area (Å²) in [5, 5.41) is 3.16. The molecular formula is C25H31N3O5S. The highest BCUT2D eigenvalue weighted by Crippen LogP contribution is 2.24. The van der Waals surface area contributed by atoms with Gasteiger partial charge in [0.15, 0.2) is 0 Å². The third-order valence-corrected chi connectivity index (χ3v) is 7.97. The Morgan fingerprint density at radius 1 is 0.971 bits per heavy atom. The van der Waals surface area contributed by atoms with Crippen molar-refractivity contribution < 1.29 is 22.7 Å². The predicted molar refractivity (Wildman–Crippen MR) is 129 cm³/mol. The largest absolute Gasteiger partial charge is 0.497 e. The van der Waals surface area contributed by atoms with E-state index in [0.29, 0.717) is 49.0 Å². The zero-order valence-electron chi connectivity index (χ0n) is 19.3. The fraction of sp³-hybridized carbons (Fsp3) is 0.440. The number of carbonyl (C=O) groups is 2. The van der Waals surface area contributed by atoms with Gasteiger partial charge in [-0.2, -0.15) is 0 Å². The van der Waals surface area contributed by atoms with E-state index in [1.807, 2.05) is 0 Å². The third-order valence-electron chi connectivity index (χ3n) is 6.59. The molecule has 1 aliphatic heterocycles. The van der Waals surface area contributed by atoms with Crippen LogP contribution in [0.1, 0.15) is 48.9 Å². The third kappa shape index (κ3) is 5.70. The molecule has 1 aliphatic carbocycles. The fourth-order valence-corrected chi connectivity index (χ4v) is 5.67. The molecule has 1 saturated carbocycles. The number of anilines is 1. The molecule has 2 aliphatic rings. The van der Waals surface area contributed by atoms with Crippen molar-refractivity contribution in [3.8, 4) is 5.75 Å². The Balaban J connectivity index is 1.32. The van der Waals surface area contributed by atoms with Gasteiger partial charge in [0.1, 0.15) is 5.75 Å². The smallest absolute Gasteiger partial charge is 0.262 e. The first kappa shape index (κ1) is 24.1. The van der Waals surface area contributed by atoms with Crippen LogP contribution in [0.5, 0.6) is 5.75 Å². The number of rotatable bonds is 7. The highest BCUT2D eigenvalue weighted by molar-refractivity contribution is 7.92. The molecule has 2 aromatic rings. The number of piperidine rings is 1. The minimum atomic E-state index is -3.79. The molecule has 1 saturated heterocycles. The van der Waals surface area contributed by atoms with Gasteiger partial charge in [0, 0.05) is 42.4 Å². The lowest BCUT2D eigenvalue weighted by atomic mass is 9.95. The number of amides is 2. The molecule has 0 bridgehead atoms. The van der Waals surface area contributed by atoms with Gasteiger partial charge in [-0.15, -0.1) is 0 Å². The van der Waals surface area contributed by atoms with Gasteiger partial charge in [0.2, 0.25) is 5.91 Å². The summed E-state index contributed by atoms with van der Waals surface area (Å²) in [6.45, 7) is 1.07. The summed E-state index contributed by atoms with van der Waals surface area (Å²) >= 11 is 0. The summed E-state index contributed by atoms with van der Waals surface area (Å²) < 4.78 is 32.9. The van der Waals surface area contributed by atoms with Crippen LogP contribution >= 0.6 is 0 Å². The van der Waals surface area contributed by atoms with Gasteiger partial charge in [-0.3, -0.25) is 14.3 Å². The van der Waals surface area contributed by atoms with E-state index in [-0.39, 0.29) is 22.6 Å². The van der Waals surface area contributed by atoms with E-state index < -0.39 is 10.0 Å². The quantitative estimate of drug-likeness (QED) is 0.625. The number of nitrogens with zero attached hydrogens (tertiary/aromatic N) is 1. The number of sulfonamides is 1. The van der Waals surface area contributed by atoms with E-state index in [2.05, 4.69) is 10.0 Å². The normalized spacial score (nSPS) is 17.4. The number of ether oxygens (including phenoxy) is 1. The first-order chi connectivity index (χ1) is 16.4. The minimum Gasteiger partial charge on any atom is -0.497 e. The fourth-order valence-electron chi connectivity index (χ4n) is 4.58. The average Bonchev–Trinajstić information content (AvgIpc) is 3.37. The van der Waals surface area contributed by atoms with E-state index >= 15 is 0 Å². The van der Waals surface area contributed by atoms with Crippen molar-refractivity contribution in [2.45, 2.75) is 49.5 Å². The molecule has 4 rings (SSSR count). The number of carbonyl (C=O) groups excluding carboxylic acids is 2. The summed E-state index contributed by atoms with van der Waals surface area (Å²) in [7, 11) is -2.31. The van der Waals surface area contributed by atoms with Crippen molar-refractivity contribution in [2.24, 2.45) is 5.92 Å². The molecule has 0 spiro atoms. The zero-order valence-corrected chi connectivity index (χ0v) is 20.1. The molecule has 2 N–H and O–H groups in total. The average molecular weight is 486 g/mol. The van der Waals surface area contributed by atoms with Crippen LogP contribution in [0.4, 0.5) is 5.69 Å². The maximum absolute atomic E-state index is 12.9. The summed E-state index contributed by atoms with van der Waals surface area (Å²) in [6, 6.07) is 12.9. The van der Waals surface area contributed by atoms with Crippen molar-refractivity contribution in [3.63, 3.8) is 0 Å². The van der Waals surface area contributed by atoms with E-state index in [4.69, 9.17) is 4.74 Å². The number of nitrogens with one attached hydrogen (secondary N) is 2. The zero-order chi connectivity index (χ0) is 24.1. The van der Waals surface area contributed by atoms with Crippen LogP contribution in [-0.4, -0.2) is 51.4 Å². The molecule has 0 unspecified atom stereocenters. The molecular weight excluding hydrogens is 454 g/mol. The second kappa shape index (κ2) is 10.5. The topological polar surface area (TPSA) is 105 Å². The van der Waals surface area contributed by atoms with Crippen LogP contribution in [0.25, 0.3) is 0 Å². The summed E-state index contributed by atoms with van der Waals surface area (Å²) in [4.78, 5) is 27.3. The van der Waals surface area contributed by atoms with E-state index in [0.717, 1.165) is 12.8 Å². The maximum Gasteiger partial charge on any atom is 0.262 e. The maximum atomic E-state index is 12.9. The second-order valence-electron chi connectivity index (χ2n) is 8.92. The molecule has 2 fully saturated rings. The van der Waals surface area contributed by atoms with E-state index in [9.17, 15) is 18.0 Å². The van der Waals surface area contributed by atoms with Crippen molar-refractivity contribution in [2.75, 3.05) is 24.9 Å². The molecule has 182 valence electrons. The number of methoxy groups -OCH3 is 1. The summed E-state index contributed by atoms with van der Waals surface area (Å²) in [5.41, 5.74) is 0.847. The molecule has 9 heteroatoms. The van der Waals surface area contributed by atoms with Gasteiger partial charge in [-0.1, -0.05) is 18.9 Å². The minimum absolute atomic E-state index is 0.0435. The highest BCUT2D eigenvalue weighted by atomic mass is 32.2. The Morgan fingerprint density at radius 2 is 1.65 bits per heavy atom. The van der Waals surface area contributed by atoms with Crippen molar-refractivity contribution in [3.05, 3.63) is 54.1 Å². The lowest BCUT2D eigenvalue weighted by molar-refractivity contribution is -0.127. The van der Waals surface area contributed by atoms with Gasteiger partial charge in [-0.05, 0) is 62.1 Å². The molecule has 8 nitrogen and oxygen atoms in total. The van der Waals surface area contributed by atoms with Crippen LogP contribution in [-0.2, 0) is 14.8 Å². The molecule has 1 heterocycles. The number of likely N-dealkylation sites (tertiary alicyclic amines) is 1. The number of benzene rings is 2. The molecule has 0 aromatic heterocycles. The second-order valence-corrected chi connectivity index (χ2v) is 10.6. The molecule has 0 atom stereocenters. The predicted octanol–water partition coefficient (Wildman–Crippen LogP) is 3.41. The van der Waals surface area contributed by atoms with Crippen molar-refractivity contribution >= 4 is 27.5 Å². The molecule has 2 amide bonds. The van der Waals surface area contributed by atoms with Gasteiger partial charge in [0.25, 0.3) is 15.9 Å². The van der Waals surface area contributed by atoms with Gasteiger partial charge in [-0.25, -0.2) is 8.42 Å². The Morgan fingerprint density at radius 3 is 2.29 bits per heavy atom. The van der Waals surface area contributed by atoms with Crippen LogP contribution in [0.15, 0.2) is 53.4 Å². The highest BCUT2D eigenvalue weighted by Gasteiger charge is 2.29.